The molecule has 1 heterocycles. The number of nitrogens with one attached hydrogen (secondary N) is 1. The van der Waals surface area contributed by atoms with Crippen molar-refractivity contribution in [1.82, 2.24) is 9.97 Å². The van der Waals surface area contributed by atoms with Crippen LogP contribution < -0.4 is 10.2 Å². The van der Waals surface area contributed by atoms with Crippen LogP contribution in [0.3, 0.4) is 0 Å². The van der Waals surface area contributed by atoms with Crippen LogP contribution in [-0.4, -0.2) is 22.8 Å². The van der Waals surface area contributed by atoms with E-state index in [1.54, 1.807) is 6.21 Å². The van der Waals surface area contributed by atoms with Crippen LogP contribution in [0.5, 0.6) is 5.75 Å². The van der Waals surface area contributed by atoms with Gasteiger partial charge in [0.1, 0.15) is 5.75 Å². The molecule has 0 aliphatic carbocycles. The molecule has 3 aromatic carbocycles. The number of rotatable bonds is 9. The third-order valence-corrected chi connectivity index (χ3v) is 5.47. The Labute approximate surface area is 202 Å². The molecular weight excluding hydrogens is 476 g/mol. The number of benzene rings is 3. The van der Waals surface area contributed by atoms with Gasteiger partial charge in [0, 0.05) is 21.7 Å². The molecule has 0 saturated carbocycles. The zero-order valence-corrected chi connectivity index (χ0v) is 20.0. The average Bonchev–Trinajstić information content (AvgIpc) is 2.86. The molecule has 166 valence electrons. The van der Waals surface area contributed by atoms with Gasteiger partial charge in [-0.15, -0.1) is 0 Å². The van der Waals surface area contributed by atoms with E-state index in [9.17, 15) is 0 Å². The van der Waals surface area contributed by atoms with E-state index in [1.165, 1.54) is 0 Å². The summed E-state index contributed by atoms with van der Waals surface area (Å²) in [6, 6.07) is 27.8. The van der Waals surface area contributed by atoms with Crippen molar-refractivity contribution in [1.29, 1.82) is 0 Å². The molecule has 4 rings (SSSR count). The molecule has 0 aliphatic heterocycles. The van der Waals surface area contributed by atoms with Gasteiger partial charge in [-0.05, 0) is 48.4 Å². The number of hydrazone groups is 1. The van der Waals surface area contributed by atoms with Crippen LogP contribution in [0.2, 0.25) is 0 Å². The number of ether oxygens (including phenoxy) is 1. The van der Waals surface area contributed by atoms with Gasteiger partial charge in [-0.1, -0.05) is 71.7 Å². The number of hydrogen-bond donors (Lipinski definition) is 1. The Hall–Kier alpha value is -3.51. The Morgan fingerprint density at radius 1 is 0.909 bits per heavy atom. The summed E-state index contributed by atoms with van der Waals surface area (Å²) in [4.78, 5) is 9.45. The van der Waals surface area contributed by atoms with E-state index in [0.29, 0.717) is 11.6 Å². The molecule has 5 nitrogen and oxygen atoms in total. The predicted octanol–water partition coefficient (Wildman–Crippen LogP) is 7.20. The van der Waals surface area contributed by atoms with Gasteiger partial charge in [0.25, 0.3) is 0 Å². The largest absolute Gasteiger partial charge is 0.494 e. The zero-order valence-electron chi connectivity index (χ0n) is 18.4. The summed E-state index contributed by atoms with van der Waals surface area (Å²) in [6.45, 7) is 2.89. The van der Waals surface area contributed by atoms with Crippen LogP contribution >= 0.6 is 15.9 Å². The van der Waals surface area contributed by atoms with Crippen molar-refractivity contribution in [3.63, 3.8) is 0 Å². The molecule has 0 bridgehead atoms. The first kappa shape index (κ1) is 22.7. The second kappa shape index (κ2) is 11.4. The highest BCUT2D eigenvalue weighted by molar-refractivity contribution is 9.10. The highest BCUT2D eigenvalue weighted by Gasteiger charge is 2.08. The summed E-state index contributed by atoms with van der Waals surface area (Å²) in [5.74, 6) is 2.13. The molecule has 0 radical (unpaired) electrons. The van der Waals surface area contributed by atoms with Gasteiger partial charge in [0.05, 0.1) is 18.5 Å². The zero-order chi connectivity index (χ0) is 22.9. The average molecular weight is 501 g/mol. The van der Waals surface area contributed by atoms with Gasteiger partial charge in [-0.2, -0.15) is 5.10 Å². The topological polar surface area (TPSA) is 59.4 Å². The van der Waals surface area contributed by atoms with Crippen LogP contribution in [0.25, 0.3) is 22.6 Å². The van der Waals surface area contributed by atoms with Gasteiger partial charge in [0.2, 0.25) is 0 Å². The quantitative estimate of drug-likeness (QED) is 0.150. The first-order valence-electron chi connectivity index (χ1n) is 10.9. The fraction of sp³-hybridized carbons (Fsp3) is 0.148. The molecule has 1 aromatic heterocycles. The molecule has 6 heteroatoms. The monoisotopic (exact) mass is 500 g/mol. The van der Waals surface area contributed by atoms with Crippen molar-refractivity contribution in [3.05, 3.63) is 95.0 Å². The second-order valence-corrected chi connectivity index (χ2v) is 8.39. The lowest BCUT2D eigenvalue weighted by molar-refractivity contribution is 0.309. The SMILES string of the molecule is CCCCOc1ccc(/C=N\Nc2cc(-c3ccccc3)nc(-c3ccc(Br)cc3)n2)cc1. The summed E-state index contributed by atoms with van der Waals surface area (Å²) >= 11 is 3.48. The Morgan fingerprint density at radius 3 is 2.39 bits per heavy atom. The van der Waals surface area contributed by atoms with Crippen LogP contribution in [0.4, 0.5) is 5.82 Å². The molecule has 33 heavy (non-hydrogen) atoms. The second-order valence-electron chi connectivity index (χ2n) is 7.48. The molecular formula is C27H25BrN4O. The number of hydrogen-bond acceptors (Lipinski definition) is 5. The van der Waals surface area contributed by atoms with Gasteiger partial charge in [-0.3, -0.25) is 5.43 Å². The maximum absolute atomic E-state index is 5.71. The summed E-state index contributed by atoms with van der Waals surface area (Å²) in [5, 5.41) is 4.39. The fourth-order valence-electron chi connectivity index (χ4n) is 3.15. The van der Waals surface area contributed by atoms with Gasteiger partial charge in [-0.25, -0.2) is 9.97 Å². The van der Waals surface area contributed by atoms with Crippen molar-refractivity contribution in [2.24, 2.45) is 5.10 Å². The van der Waals surface area contributed by atoms with E-state index in [1.807, 2.05) is 84.9 Å². The van der Waals surface area contributed by atoms with Crippen LogP contribution in [0.1, 0.15) is 25.3 Å². The summed E-state index contributed by atoms with van der Waals surface area (Å²) in [5.41, 5.74) is 6.81. The molecule has 1 N–H and O–H groups in total. The highest BCUT2D eigenvalue weighted by atomic mass is 79.9. The molecule has 0 saturated heterocycles. The molecule has 0 atom stereocenters. The van der Waals surface area contributed by atoms with Crippen LogP contribution in [-0.2, 0) is 0 Å². The van der Waals surface area contributed by atoms with Crippen molar-refractivity contribution >= 4 is 28.0 Å². The van der Waals surface area contributed by atoms with E-state index in [4.69, 9.17) is 9.72 Å². The molecule has 0 fully saturated rings. The van der Waals surface area contributed by atoms with E-state index in [2.05, 4.69) is 38.4 Å². The normalized spacial score (nSPS) is 11.0. The van der Waals surface area contributed by atoms with Crippen molar-refractivity contribution in [3.8, 4) is 28.4 Å². The molecule has 0 amide bonds. The Morgan fingerprint density at radius 2 is 1.67 bits per heavy atom. The summed E-state index contributed by atoms with van der Waals surface area (Å²) < 4.78 is 6.72. The summed E-state index contributed by atoms with van der Waals surface area (Å²) in [6.07, 6.45) is 3.94. The lowest BCUT2D eigenvalue weighted by Crippen LogP contribution is -1.99. The van der Waals surface area contributed by atoms with E-state index in [0.717, 1.165) is 52.1 Å². The lowest BCUT2D eigenvalue weighted by atomic mass is 10.1. The maximum atomic E-state index is 5.71. The maximum Gasteiger partial charge on any atom is 0.162 e. The Balaban J connectivity index is 1.54. The van der Waals surface area contributed by atoms with Gasteiger partial charge < -0.3 is 4.74 Å². The predicted molar refractivity (Wildman–Crippen MR) is 139 cm³/mol. The number of halogens is 1. The smallest absolute Gasteiger partial charge is 0.162 e. The number of unbranched alkanes of at least 4 members (excludes halogenated alkanes) is 1. The first-order chi connectivity index (χ1) is 16.2. The third-order valence-electron chi connectivity index (χ3n) is 4.94. The third kappa shape index (κ3) is 6.49. The molecule has 0 unspecified atom stereocenters. The van der Waals surface area contributed by atoms with Crippen LogP contribution in [0, 0.1) is 0 Å². The van der Waals surface area contributed by atoms with Gasteiger partial charge in [0.15, 0.2) is 11.6 Å². The fourth-order valence-corrected chi connectivity index (χ4v) is 3.41. The van der Waals surface area contributed by atoms with E-state index >= 15 is 0 Å². The molecule has 0 spiro atoms. The first-order valence-corrected chi connectivity index (χ1v) is 11.7. The Kier molecular flexibility index (Phi) is 7.82. The molecule has 0 aliphatic rings. The minimum absolute atomic E-state index is 0.623. The molecule has 4 aromatic rings. The van der Waals surface area contributed by atoms with Crippen molar-refractivity contribution in [2.75, 3.05) is 12.0 Å². The van der Waals surface area contributed by atoms with E-state index in [-0.39, 0.29) is 0 Å². The van der Waals surface area contributed by atoms with E-state index < -0.39 is 0 Å². The summed E-state index contributed by atoms with van der Waals surface area (Å²) in [7, 11) is 0. The highest BCUT2D eigenvalue weighted by Crippen LogP contribution is 2.25. The van der Waals surface area contributed by atoms with Crippen molar-refractivity contribution in [2.45, 2.75) is 19.8 Å². The number of aromatic nitrogens is 2. The number of nitrogens with zero attached hydrogens (tertiary/aromatic N) is 3. The van der Waals surface area contributed by atoms with Gasteiger partial charge >= 0.3 is 0 Å². The minimum Gasteiger partial charge on any atom is -0.494 e. The lowest BCUT2D eigenvalue weighted by Gasteiger charge is -2.08. The van der Waals surface area contributed by atoms with Crippen molar-refractivity contribution < 1.29 is 4.74 Å². The number of anilines is 1. The Bertz CT molecular complexity index is 1190. The van der Waals surface area contributed by atoms with Crippen LogP contribution in [0.15, 0.2) is 94.5 Å². The minimum atomic E-state index is 0.623. The standard InChI is InChI=1S/C27H25BrN4O/c1-2-3-17-33-24-15-9-20(10-16-24)19-29-32-26-18-25(21-7-5-4-6-8-21)30-27(31-26)22-11-13-23(28)14-12-22/h4-16,18-19H,2-3,17H2,1H3,(H,30,31,32)/b29-19-.